The lowest BCUT2D eigenvalue weighted by molar-refractivity contribution is -0.149. The number of carbonyl (C=O) groups is 4. The van der Waals surface area contributed by atoms with Crippen LogP contribution in [0.1, 0.15) is 37.3 Å². The Hall–Kier alpha value is -3.40. The van der Waals surface area contributed by atoms with Crippen LogP contribution in [0.5, 0.6) is 0 Å². The molecule has 0 radical (unpaired) electrons. The van der Waals surface area contributed by atoms with Crippen LogP contribution in [-0.4, -0.2) is 62.1 Å². The number of aromatic nitrogens is 1. The number of hydrogen-bond donors (Lipinski definition) is 5. The highest BCUT2D eigenvalue weighted by molar-refractivity contribution is 5.96. The largest absolute Gasteiger partial charge is 0.481 e. The molecule has 1 saturated heterocycles. The lowest BCUT2D eigenvalue weighted by Gasteiger charge is -2.34. The smallest absolute Gasteiger partial charge is 0.325 e. The molecule has 10 nitrogen and oxygen atoms in total. The number of hydrogen-bond acceptors (Lipinski definition) is 5. The van der Waals surface area contributed by atoms with Crippen LogP contribution < -0.4 is 5.32 Å². The van der Waals surface area contributed by atoms with Crippen LogP contribution in [0.15, 0.2) is 24.4 Å². The number of carboxylic acids is 3. The quantitative estimate of drug-likeness (QED) is 0.435. The molecule has 30 heavy (non-hydrogen) atoms. The Morgan fingerprint density at radius 3 is 2.60 bits per heavy atom. The second kappa shape index (κ2) is 8.95. The SMILES string of the molecule is O=C(O)CCC(=O)Nc1ccc2[nH]cc([C@H](C(=O)O)N3CCC[C@H](C(=O)O)C3)c2c1. The fraction of sp³-hybridized carbons (Fsp3) is 0.400. The predicted octanol–water partition coefficient (Wildman–Crippen LogP) is 1.89. The average molecular weight is 417 g/mol. The third-order valence-corrected chi connectivity index (χ3v) is 5.26. The van der Waals surface area contributed by atoms with Crippen molar-refractivity contribution >= 4 is 40.4 Å². The zero-order valence-electron chi connectivity index (χ0n) is 16.1. The summed E-state index contributed by atoms with van der Waals surface area (Å²) in [6.45, 7) is 0.615. The molecule has 5 N–H and O–H groups in total. The molecular formula is C20H23N3O7. The first-order valence-corrected chi connectivity index (χ1v) is 9.58. The van der Waals surface area contributed by atoms with Gasteiger partial charge in [0, 0.05) is 41.3 Å². The molecule has 10 heteroatoms. The van der Waals surface area contributed by atoms with Crippen LogP contribution in [0.25, 0.3) is 10.9 Å². The van der Waals surface area contributed by atoms with Gasteiger partial charge in [-0.1, -0.05) is 0 Å². The molecule has 160 valence electrons. The number of aliphatic carboxylic acids is 3. The Labute approximate surface area is 171 Å². The van der Waals surface area contributed by atoms with E-state index in [2.05, 4.69) is 10.3 Å². The number of nitrogens with zero attached hydrogens (tertiary/aromatic N) is 1. The molecule has 1 aromatic heterocycles. The van der Waals surface area contributed by atoms with Crippen molar-refractivity contribution in [2.45, 2.75) is 31.7 Å². The Morgan fingerprint density at radius 2 is 1.93 bits per heavy atom. The molecule has 0 spiro atoms. The van der Waals surface area contributed by atoms with E-state index in [4.69, 9.17) is 5.11 Å². The number of nitrogens with one attached hydrogen (secondary N) is 2. The van der Waals surface area contributed by atoms with Crippen molar-refractivity contribution in [2.24, 2.45) is 5.92 Å². The monoisotopic (exact) mass is 417 g/mol. The summed E-state index contributed by atoms with van der Waals surface area (Å²) >= 11 is 0. The Bertz CT molecular complexity index is 984. The minimum atomic E-state index is -1.09. The van der Waals surface area contributed by atoms with Crippen molar-refractivity contribution in [2.75, 3.05) is 18.4 Å². The lowest BCUT2D eigenvalue weighted by atomic mass is 9.94. The van der Waals surface area contributed by atoms with Gasteiger partial charge in [0.15, 0.2) is 0 Å². The number of fused-ring (bicyclic) bond motifs is 1. The minimum absolute atomic E-state index is 0.143. The van der Waals surface area contributed by atoms with E-state index in [1.807, 2.05) is 0 Å². The molecule has 0 saturated carbocycles. The summed E-state index contributed by atoms with van der Waals surface area (Å²) < 4.78 is 0. The first kappa shape index (κ1) is 21.3. The summed E-state index contributed by atoms with van der Waals surface area (Å²) in [5.41, 5.74) is 1.57. The van der Waals surface area contributed by atoms with E-state index in [-0.39, 0.29) is 19.4 Å². The summed E-state index contributed by atoms with van der Waals surface area (Å²) in [7, 11) is 0. The molecule has 1 aliphatic rings. The molecule has 1 fully saturated rings. The number of piperidine rings is 1. The summed E-state index contributed by atoms with van der Waals surface area (Å²) in [5, 5.41) is 31.1. The zero-order chi connectivity index (χ0) is 21.8. The highest BCUT2D eigenvalue weighted by Gasteiger charge is 2.35. The van der Waals surface area contributed by atoms with E-state index in [9.17, 15) is 29.4 Å². The number of rotatable bonds is 8. The van der Waals surface area contributed by atoms with Crippen molar-refractivity contribution in [1.29, 1.82) is 0 Å². The van der Waals surface area contributed by atoms with Gasteiger partial charge in [0.2, 0.25) is 5.91 Å². The van der Waals surface area contributed by atoms with E-state index in [1.54, 1.807) is 29.3 Å². The lowest BCUT2D eigenvalue weighted by Crippen LogP contribution is -2.43. The number of likely N-dealkylation sites (tertiary alicyclic amines) is 1. The van der Waals surface area contributed by atoms with Crippen LogP contribution in [0, 0.1) is 5.92 Å². The molecular weight excluding hydrogens is 394 g/mol. The number of aromatic amines is 1. The van der Waals surface area contributed by atoms with E-state index in [1.165, 1.54) is 0 Å². The first-order chi connectivity index (χ1) is 14.3. The number of anilines is 1. The Morgan fingerprint density at radius 1 is 1.17 bits per heavy atom. The average Bonchev–Trinajstić information content (AvgIpc) is 3.09. The molecule has 1 aliphatic heterocycles. The van der Waals surface area contributed by atoms with Crippen molar-refractivity contribution in [3.8, 4) is 0 Å². The van der Waals surface area contributed by atoms with Crippen molar-refractivity contribution < 1.29 is 34.5 Å². The third kappa shape index (κ3) is 4.77. The summed E-state index contributed by atoms with van der Waals surface area (Å²) in [5.74, 6) is -4.16. The second-order valence-corrected chi connectivity index (χ2v) is 7.36. The highest BCUT2D eigenvalue weighted by Crippen LogP contribution is 2.33. The van der Waals surface area contributed by atoms with Gasteiger partial charge in [0.25, 0.3) is 0 Å². The molecule has 0 bridgehead atoms. The normalized spacial score (nSPS) is 18.1. The van der Waals surface area contributed by atoms with Crippen molar-refractivity contribution in [1.82, 2.24) is 9.88 Å². The predicted molar refractivity (Wildman–Crippen MR) is 106 cm³/mol. The van der Waals surface area contributed by atoms with E-state index < -0.39 is 35.8 Å². The molecule has 2 heterocycles. The number of amides is 1. The van der Waals surface area contributed by atoms with Crippen LogP contribution in [0.4, 0.5) is 5.69 Å². The van der Waals surface area contributed by atoms with Crippen LogP contribution in [0.3, 0.4) is 0 Å². The number of benzene rings is 1. The minimum Gasteiger partial charge on any atom is -0.481 e. The van der Waals surface area contributed by atoms with Gasteiger partial charge in [-0.15, -0.1) is 0 Å². The van der Waals surface area contributed by atoms with Crippen molar-refractivity contribution in [3.05, 3.63) is 30.0 Å². The maximum atomic E-state index is 12.1. The maximum absolute atomic E-state index is 12.1. The van der Waals surface area contributed by atoms with Crippen LogP contribution in [0.2, 0.25) is 0 Å². The standard InChI is InChI=1S/C20H23N3O7/c24-16(5-6-17(25)26)22-12-3-4-15-13(8-12)14(9-21-15)18(20(29)30)23-7-1-2-11(10-23)19(27)28/h3-4,8-9,11,18,21H,1-2,5-7,10H2,(H,22,24)(H,25,26)(H,27,28)(H,29,30)/t11-,18+/m0/s1. The van der Waals surface area contributed by atoms with Crippen LogP contribution >= 0.6 is 0 Å². The van der Waals surface area contributed by atoms with Gasteiger partial charge < -0.3 is 25.6 Å². The molecule has 3 rings (SSSR count). The van der Waals surface area contributed by atoms with Gasteiger partial charge in [-0.2, -0.15) is 0 Å². The number of carboxylic acid groups (broad SMARTS) is 3. The third-order valence-electron chi connectivity index (χ3n) is 5.26. The molecule has 2 atom stereocenters. The molecule has 1 amide bonds. The topological polar surface area (TPSA) is 160 Å². The zero-order valence-corrected chi connectivity index (χ0v) is 16.1. The van der Waals surface area contributed by atoms with Gasteiger partial charge in [-0.05, 0) is 37.6 Å². The van der Waals surface area contributed by atoms with Crippen LogP contribution in [-0.2, 0) is 19.2 Å². The summed E-state index contributed by atoms with van der Waals surface area (Å²) in [6, 6.07) is 3.94. The van der Waals surface area contributed by atoms with E-state index in [0.29, 0.717) is 41.5 Å². The van der Waals surface area contributed by atoms with Gasteiger partial charge >= 0.3 is 17.9 Å². The molecule has 2 aromatic rings. The summed E-state index contributed by atoms with van der Waals surface area (Å²) in [4.78, 5) is 50.7. The van der Waals surface area contributed by atoms with E-state index >= 15 is 0 Å². The summed E-state index contributed by atoms with van der Waals surface area (Å²) in [6.07, 6.45) is 2.23. The van der Waals surface area contributed by atoms with Gasteiger partial charge in [-0.25, -0.2) is 0 Å². The van der Waals surface area contributed by atoms with E-state index in [0.717, 1.165) is 0 Å². The Balaban J connectivity index is 1.87. The van der Waals surface area contributed by atoms with Gasteiger partial charge in [-0.3, -0.25) is 24.1 Å². The number of carbonyl (C=O) groups excluding carboxylic acids is 1. The molecule has 0 unspecified atom stereocenters. The second-order valence-electron chi connectivity index (χ2n) is 7.36. The highest BCUT2D eigenvalue weighted by atomic mass is 16.4. The number of H-pyrrole nitrogens is 1. The van der Waals surface area contributed by atoms with Crippen molar-refractivity contribution in [3.63, 3.8) is 0 Å². The molecule has 1 aromatic carbocycles. The first-order valence-electron chi connectivity index (χ1n) is 9.58. The Kier molecular flexibility index (Phi) is 6.36. The van der Waals surface area contributed by atoms with Gasteiger partial charge in [0.05, 0.1) is 12.3 Å². The maximum Gasteiger partial charge on any atom is 0.325 e. The fourth-order valence-electron chi connectivity index (χ4n) is 3.82. The fourth-order valence-corrected chi connectivity index (χ4v) is 3.82. The molecule has 0 aliphatic carbocycles. The van der Waals surface area contributed by atoms with Gasteiger partial charge in [0.1, 0.15) is 6.04 Å².